The molecular formula is C11H22F3N3O. The van der Waals surface area contributed by atoms with Crippen LogP contribution in [0.3, 0.4) is 0 Å². The second-order valence-corrected chi connectivity index (χ2v) is 4.47. The number of nitrogens with two attached hydrogens (primary N) is 1. The first kappa shape index (κ1) is 15.7. The maximum absolute atomic E-state index is 11.8. The maximum Gasteiger partial charge on any atom is 0.522 e. The second-order valence-electron chi connectivity index (χ2n) is 4.47. The normalized spacial score (nSPS) is 19.3. The Labute approximate surface area is 106 Å². The molecule has 0 aliphatic carbocycles. The minimum absolute atomic E-state index is 0.281. The van der Waals surface area contributed by atoms with Crippen LogP contribution in [0.25, 0.3) is 0 Å². The number of hydrogen-bond acceptors (Lipinski definition) is 4. The molecule has 0 spiro atoms. The summed E-state index contributed by atoms with van der Waals surface area (Å²) in [6.45, 7) is 5.26. The molecule has 18 heavy (non-hydrogen) atoms. The van der Waals surface area contributed by atoms with Crippen molar-refractivity contribution in [3.8, 4) is 0 Å². The van der Waals surface area contributed by atoms with Crippen molar-refractivity contribution >= 4 is 0 Å². The van der Waals surface area contributed by atoms with E-state index in [-0.39, 0.29) is 6.61 Å². The highest BCUT2D eigenvalue weighted by molar-refractivity contribution is 4.71. The molecule has 0 aromatic rings. The number of halogens is 3. The first-order chi connectivity index (χ1) is 8.51. The number of unbranched alkanes of at least 4 members (excludes halogenated alkanes) is 1. The number of ether oxygens (including phenoxy) is 1. The van der Waals surface area contributed by atoms with Crippen LogP contribution < -0.4 is 5.73 Å². The quantitative estimate of drug-likeness (QED) is 0.697. The third-order valence-corrected chi connectivity index (χ3v) is 3.07. The molecule has 0 atom stereocenters. The van der Waals surface area contributed by atoms with Gasteiger partial charge in [0.2, 0.25) is 0 Å². The van der Waals surface area contributed by atoms with Gasteiger partial charge in [0, 0.05) is 32.7 Å². The van der Waals surface area contributed by atoms with Gasteiger partial charge in [-0.2, -0.15) is 0 Å². The van der Waals surface area contributed by atoms with Crippen molar-refractivity contribution in [3.63, 3.8) is 0 Å². The fourth-order valence-corrected chi connectivity index (χ4v) is 2.01. The van der Waals surface area contributed by atoms with E-state index in [2.05, 4.69) is 9.64 Å². The van der Waals surface area contributed by atoms with Crippen LogP contribution in [0, 0.1) is 0 Å². The van der Waals surface area contributed by atoms with E-state index in [1.807, 2.05) is 4.90 Å². The predicted octanol–water partition coefficient (Wildman–Crippen LogP) is 0.879. The monoisotopic (exact) mass is 269 g/mol. The molecule has 2 N–H and O–H groups in total. The second kappa shape index (κ2) is 7.93. The van der Waals surface area contributed by atoms with Crippen molar-refractivity contribution in [1.29, 1.82) is 0 Å². The molecule has 0 unspecified atom stereocenters. The zero-order valence-corrected chi connectivity index (χ0v) is 10.6. The lowest BCUT2D eigenvalue weighted by molar-refractivity contribution is -0.325. The van der Waals surface area contributed by atoms with Gasteiger partial charge in [-0.1, -0.05) is 0 Å². The zero-order chi connectivity index (χ0) is 13.4. The van der Waals surface area contributed by atoms with Crippen LogP contribution in [0.1, 0.15) is 12.8 Å². The molecule has 1 fully saturated rings. The largest absolute Gasteiger partial charge is 0.522 e. The first-order valence-corrected chi connectivity index (χ1v) is 6.37. The van der Waals surface area contributed by atoms with E-state index >= 15 is 0 Å². The van der Waals surface area contributed by atoms with Crippen LogP contribution in [0.4, 0.5) is 13.2 Å². The Hall–Kier alpha value is -0.370. The molecule has 7 heteroatoms. The SMILES string of the molecule is NCCCCN1CCN(CCOC(F)(F)F)CC1. The summed E-state index contributed by atoms with van der Waals surface area (Å²) in [5, 5.41) is 0. The molecule has 108 valence electrons. The molecule has 0 radical (unpaired) electrons. The smallest absolute Gasteiger partial charge is 0.330 e. The summed E-state index contributed by atoms with van der Waals surface area (Å²) in [5.41, 5.74) is 5.42. The Kier molecular flexibility index (Phi) is 6.91. The van der Waals surface area contributed by atoms with Crippen molar-refractivity contribution in [3.05, 3.63) is 0 Å². The van der Waals surface area contributed by atoms with Gasteiger partial charge in [-0.25, -0.2) is 0 Å². The number of piperazine rings is 1. The van der Waals surface area contributed by atoms with Gasteiger partial charge in [0.1, 0.15) is 0 Å². The Morgan fingerprint density at radius 3 is 2.00 bits per heavy atom. The Bertz CT molecular complexity index is 218. The average molecular weight is 269 g/mol. The van der Waals surface area contributed by atoms with Crippen LogP contribution in [0.15, 0.2) is 0 Å². The van der Waals surface area contributed by atoms with Gasteiger partial charge in [0.05, 0.1) is 6.61 Å². The molecule has 1 heterocycles. The van der Waals surface area contributed by atoms with Gasteiger partial charge in [-0.3, -0.25) is 9.64 Å². The molecule has 1 saturated heterocycles. The lowest BCUT2D eigenvalue weighted by atomic mass is 10.2. The molecule has 1 rings (SSSR count). The number of rotatable bonds is 7. The molecule has 4 nitrogen and oxygen atoms in total. The molecule has 0 saturated carbocycles. The molecule has 0 aromatic heterocycles. The van der Waals surface area contributed by atoms with E-state index in [0.717, 1.165) is 52.1 Å². The van der Waals surface area contributed by atoms with Crippen molar-refractivity contribution in [2.75, 3.05) is 52.4 Å². The zero-order valence-electron chi connectivity index (χ0n) is 10.6. The molecular weight excluding hydrogens is 247 g/mol. The number of nitrogens with zero attached hydrogens (tertiary/aromatic N) is 2. The number of alkyl halides is 3. The molecule has 0 amide bonds. The highest BCUT2D eigenvalue weighted by atomic mass is 19.4. The third kappa shape index (κ3) is 7.15. The summed E-state index contributed by atoms with van der Waals surface area (Å²) in [5.74, 6) is 0. The fourth-order valence-electron chi connectivity index (χ4n) is 2.01. The van der Waals surface area contributed by atoms with Crippen LogP contribution in [0.2, 0.25) is 0 Å². The van der Waals surface area contributed by atoms with E-state index in [0.29, 0.717) is 6.54 Å². The van der Waals surface area contributed by atoms with Crippen molar-refractivity contribution in [1.82, 2.24) is 9.80 Å². The van der Waals surface area contributed by atoms with Crippen LogP contribution in [-0.2, 0) is 4.74 Å². The van der Waals surface area contributed by atoms with Gasteiger partial charge in [0.25, 0.3) is 0 Å². The highest BCUT2D eigenvalue weighted by Crippen LogP contribution is 2.15. The van der Waals surface area contributed by atoms with Crippen molar-refractivity contribution in [2.45, 2.75) is 19.2 Å². The topological polar surface area (TPSA) is 41.7 Å². The summed E-state index contributed by atoms with van der Waals surface area (Å²) in [7, 11) is 0. The summed E-state index contributed by atoms with van der Waals surface area (Å²) < 4.78 is 39.1. The van der Waals surface area contributed by atoms with Crippen LogP contribution in [-0.4, -0.2) is 68.6 Å². The summed E-state index contributed by atoms with van der Waals surface area (Å²) in [6, 6.07) is 0. The Balaban J connectivity index is 2.04. The van der Waals surface area contributed by atoms with Gasteiger partial charge >= 0.3 is 6.36 Å². The Morgan fingerprint density at radius 2 is 1.50 bits per heavy atom. The van der Waals surface area contributed by atoms with Gasteiger partial charge in [-0.15, -0.1) is 13.2 Å². The van der Waals surface area contributed by atoms with Crippen LogP contribution >= 0.6 is 0 Å². The average Bonchev–Trinajstić information content (AvgIpc) is 2.30. The van der Waals surface area contributed by atoms with Gasteiger partial charge in [0.15, 0.2) is 0 Å². The van der Waals surface area contributed by atoms with Crippen LogP contribution in [0.5, 0.6) is 0 Å². The lowest BCUT2D eigenvalue weighted by Crippen LogP contribution is -2.47. The summed E-state index contributed by atoms with van der Waals surface area (Å²) in [6.07, 6.45) is -2.39. The summed E-state index contributed by atoms with van der Waals surface area (Å²) >= 11 is 0. The third-order valence-electron chi connectivity index (χ3n) is 3.07. The number of hydrogen-bond donors (Lipinski definition) is 1. The maximum atomic E-state index is 11.8. The van der Waals surface area contributed by atoms with E-state index in [1.165, 1.54) is 0 Å². The lowest BCUT2D eigenvalue weighted by Gasteiger charge is -2.34. The van der Waals surface area contributed by atoms with Crippen molar-refractivity contribution < 1.29 is 17.9 Å². The minimum Gasteiger partial charge on any atom is -0.330 e. The molecule has 1 aliphatic rings. The molecule has 0 aromatic carbocycles. The van der Waals surface area contributed by atoms with Crippen molar-refractivity contribution in [2.24, 2.45) is 5.73 Å². The standard InChI is InChI=1S/C11H22F3N3O/c12-11(13,14)18-10-9-17-7-5-16(6-8-17)4-2-1-3-15/h1-10,15H2. The highest BCUT2D eigenvalue weighted by Gasteiger charge is 2.29. The van der Waals surface area contributed by atoms with Gasteiger partial charge in [-0.05, 0) is 25.9 Å². The van der Waals surface area contributed by atoms with E-state index in [9.17, 15) is 13.2 Å². The van der Waals surface area contributed by atoms with E-state index < -0.39 is 6.36 Å². The van der Waals surface area contributed by atoms with E-state index in [1.54, 1.807) is 0 Å². The molecule has 0 bridgehead atoms. The van der Waals surface area contributed by atoms with E-state index in [4.69, 9.17) is 5.73 Å². The fraction of sp³-hybridized carbons (Fsp3) is 1.00. The molecule has 1 aliphatic heterocycles. The Morgan fingerprint density at radius 1 is 0.944 bits per heavy atom. The van der Waals surface area contributed by atoms with Gasteiger partial charge < -0.3 is 10.6 Å². The predicted molar refractivity (Wildman–Crippen MR) is 63.2 cm³/mol. The summed E-state index contributed by atoms with van der Waals surface area (Å²) in [4.78, 5) is 4.34. The minimum atomic E-state index is -4.51. The first-order valence-electron chi connectivity index (χ1n) is 6.37.